The van der Waals surface area contributed by atoms with E-state index in [0.717, 1.165) is 6.42 Å². The van der Waals surface area contributed by atoms with Crippen LogP contribution in [0.3, 0.4) is 0 Å². The van der Waals surface area contributed by atoms with Gasteiger partial charge < -0.3 is 10.2 Å². The highest BCUT2D eigenvalue weighted by Crippen LogP contribution is 2.03. The first-order valence-corrected chi connectivity index (χ1v) is 3.77. The lowest BCUT2D eigenvalue weighted by molar-refractivity contribution is -0.136. The number of aliphatic carboxylic acids is 1. The largest absolute Gasteiger partial charge is 0.481 e. The number of carboxylic acid groups (broad SMARTS) is 1. The molecule has 0 bridgehead atoms. The molecule has 0 aromatic heterocycles. The van der Waals surface area contributed by atoms with Gasteiger partial charge in [-0.15, -0.1) is 0 Å². The van der Waals surface area contributed by atoms with Gasteiger partial charge in [0.05, 0.1) is 5.60 Å². The van der Waals surface area contributed by atoms with Crippen molar-refractivity contribution in [2.75, 3.05) is 0 Å². The maximum absolute atomic E-state index is 9.37. The standard InChI is InChI=1S/C5H12O.C3H6O2/c1-4-5(2,3)6;1-2-3(4)5/h6H,4H2,1-3H3;2H2,1H3,(H,4,5). The first-order chi connectivity index (χ1) is 4.83. The summed E-state index contributed by atoms with van der Waals surface area (Å²) in [5.41, 5.74) is -0.458. The fraction of sp³-hybridized carbons (Fsp3) is 0.875. The molecule has 0 atom stereocenters. The summed E-state index contributed by atoms with van der Waals surface area (Å²) in [4.78, 5) is 9.37. The quantitative estimate of drug-likeness (QED) is 0.649. The minimum absolute atomic E-state index is 0.222. The van der Waals surface area contributed by atoms with Crippen LogP contribution in [0.4, 0.5) is 0 Å². The number of rotatable bonds is 2. The molecule has 0 saturated carbocycles. The van der Waals surface area contributed by atoms with E-state index in [4.69, 9.17) is 10.2 Å². The lowest BCUT2D eigenvalue weighted by Gasteiger charge is -2.11. The molecule has 0 amide bonds. The Kier molecular flexibility index (Phi) is 7.31. The molecule has 0 unspecified atom stereocenters. The van der Waals surface area contributed by atoms with Crippen LogP contribution >= 0.6 is 0 Å². The van der Waals surface area contributed by atoms with Gasteiger partial charge in [0.15, 0.2) is 0 Å². The molecule has 0 aliphatic rings. The fourth-order valence-corrected chi connectivity index (χ4v) is 0. The van der Waals surface area contributed by atoms with Crippen molar-refractivity contribution in [3.05, 3.63) is 0 Å². The lowest BCUT2D eigenvalue weighted by atomic mass is 10.1. The van der Waals surface area contributed by atoms with Gasteiger partial charge in [-0.05, 0) is 20.3 Å². The van der Waals surface area contributed by atoms with Gasteiger partial charge in [0, 0.05) is 6.42 Å². The summed E-state index contributed by atoms with van der Waals surface area (Å²) in [6.45, 7) is 7.16. The Morgan fingerprint density at radius 2 is 1.55 bits per heavy atom. The molecule has 0 aromatic carbocycles. The first-order valence-electron chi connectivity index (χ1n) is 3.77. The van der Waals surface area contributed by atoms with Gasteiger partial charge in [-0.2, -0.15) is 0 Å². The molecule has 0 saturated heterocycles. The summed E-state index contributed by atoms with van der Waals surface area (Å²) in [5, 5.41) is 16.5. The highest BCUT2D eigenvalue weighted by atomic mass is 16.4. The van der Waals surface area contributed by atoms with Gasteiger partial charge in [0.25, 0.3) is 0 Å². The van der Waals surface area contributed by atoms with Crippen LogP contribution in [0.2, 0.25) is 0 Å². The van der Waals surface area contributed by atoms with E-state index in [-0.39, 0.29) is 6.42 Å². The Bertz CT molecular complexity index is 102. The molecule has 68 valence electrons. The third-order valence-corrected chi connectivity index (χ3v) is 1.17. The molecule has 0 spiro atoms. The van der Waals surface area contributed by atoms with E-state index in [9.17, 15) is 4.79 Å². The van der Waals surface area contributed by atoms with E-state index < -0.39 is 11.6 Å². The van der Waals surface area contributed by atoms with Crippen molar-refractivity contribution in [2.45, 2.75) is 46.1 Å². The van der Waals surface area contributed by atoms with Gasteiger partial charge in [-0.3, -0.25) is 4.79 Å². The second kappa shape index (κ2) is 6.16. The minimum atomic E-state index is -0.745. The van der Waals surface area contributed by atoms with Gasteiger partial charge in [-0.1, -0.05) is 13.8 Å². The predicted octanol–water partition coefficient (Wildman–Crippen LogP) is 1.65. The number of carbonyl (C=O) groups is 1. The lowest BCUT2D eigenvalue weighted by Crippen LogP contribution is -2.15. The summed E-state index contributed by atoms with van der Waals surface area (Å²) in [6.07, 6.45) is 1.05. The smallest absolute Gasteiger partial charge is 0.303 e. The molecule has 0 heterocycles. The van der Waals surface area contributed by atoms with Crippen molar-refractivity contribution in [1.82, 2.24) is 0 Å². The summed E-state index contributed by atoms with van der Waals surface area (Å²) < 4.78 is 0. The van der Waals surface area contributed by atoms with E-state index >= 15 is 0 Å². The number of hydrogen-bond acceptors (Lipinski definition) is 2. The Morgan fingerprint density at radius 3 is 1.55 bits per heavy atom. The molecule has 0 fully saturated rings. The van der Waals surface area contributed by atoms with Crippen molar-refractivity contribution in [3.63, 3.8) is 0 Å². The molecule has 0 aromatic rings. The highest BCUT2D eigenvalue weighted by Gasteiger charge is 2.05. The van der Waals surface area contributed by atoms with E-state index in [1.165, 1.54) is 0 Å². The fourth-order valence-electron chi connectivity index (χ4n) is 0. The second-order valence-corrected chi connectivity index (χ2v) is 2.91. The van der Waals surface area contributed by atoms with Crippen LogP contribution in [-0.2, 0) is 4.79 Å². The van der Waals surface area contributed by atoms with E-state index in [2.05, 4.69) is 0 Å². The number of carboxylic acids is 1. The van der Waals surface area contributed by atoms with Crippen LogP contribution < -0.4 is 0 Å². The third-order valence-electron chi connectivity index (χ3n) is 1.17. The average Bonchev–Trinajstić information content (AvgIpc) is 1.88. The molecule has 0 aliphatic carbocycles. The highest BCUT2D eigenvalue weighted by molar-refractivity contribution is 5.66. The van der Waals surface area contributed by atoms with Crippen molar-refractivity contribution in [2.24, 2.45) is 0 Å². The van der Waals surface area contributed by atoms with Crippen LogP contribution in [0.25, 0.3) is 0 Å². The first kappa shape index (κ1) is 13.1. The van der Waals surface area contributed by atoms with Crippen molar-refractivity contribution >= 4 is 5.97 Å². The summed E-state index contributed by atoms with van der Waals surface area (Å²) in [7, 11) is 0. The van der Waals surface area contributed by atoms with Crippen LogP contribution in [0.15, 0.2) is 0 Å². The van der Waals surface area contributed by atoms with Gasteiger partial charge >= 0.3 is 5.97 Å². The minimum Gasteiger partial charge on any atom is -0.481 e. The number of hydrogen-bond donors (Lipinski definition) is 2. The van der Waals surface area contributed by atoms with Crippen LogP contribution in [0.1, 0.15) is 40.5 Å². The van der Waals surface area contributed by atoms with Crippen LogP contribution in [0.5, 0.6) is 0 Å². The molecule has 11 heavy (non-hydrogen) atoms. The monoisotopic (exact) mass is 162 g/mol. The van der Waals surface area contributed by atoms with Crippen molar-refractivity contribution in [1.29, 1.82) is 0 Å². The SMILES string of the molecule is CCC(=O)O.CCC(C)(C)O. The number of aliphatic hydroxyl groups is 1. The van der Waals surface area contributed by atoms with Crippen LogP contribution in [0, 0.1) is 0 Å². The Morgan fingerprint density at radius 1 is 1.36 bits per heavy atom. The molecule has 3 heteroatoms. The molecule has 0 rings (SSSR count). The van der Waals surface area contributed by atoms with Crippen LogP contribution in [-0.4, -0.2) is 21.8 Å². The Balaban J connectivity index is 0. The zero-order valence-corrected chi connectivity index (χ0v) is 7.72. The molecule has 3 nitrogen and oxygen atoms in total. The van der Waals surface area contributed by atoms with E-state index in [1.54, 1.807) is 20.8 Å². The van der Waals surface area contributed by atoms with E-state index in [1.807, 2.05) is 6.92 Å². The zero-order valence-electron chi connectivity index (χ0n) is 7.72. The van der Waals surface area contributed by atoms with E-state index in [0.29, 0.717) is 0 Å². The summed E-state index contributed by atoms with van der Waals surface area (Å²) in [6, 6.07) is 0. The zero-order chi connectivity index (χ0) is 9.49. The molecular formula is C8H18O3. The maximum atomic E-state index is 9.37. The Labute approximate surface area is 68.0 Å². The second-order valence-electron chi connectivity index (χ2n) is 2.91. The Hall–Kier alpha value is -0.570. The predicted molar refractivity (Wildman–Crippen MR) is 44.5 cm³/mol. The van der Waals surface area contributed by atoms with Gasteiger partial charge in [0.1, 0.15) is 0 Å². The average molecular weight is 162 g/mol. The summed E-state index contributed by atoms with van der Waals surface area (Å²) >= 11 is 0. The normalized spacial score (nSPS) is 9.91. The molecule has 2 N–H and O–H groups in total. The molecular weight excluding hydrogens is 144 g/mol. The van der Waals surface area contributed by atoms with Crippen molar-refractivity contribution in [3.8, 4) is 0 Å². The third kappa shape index (κ3) is 26.5. The molecule has 0 aliphatic heterocycles. The van der Waals surface area contributed by atoms with Crippen molar-refractivity contribution < 1.29 is 15.0 Å². The van der Waals surface area contributed by atoms with Gasteiger partial charge in [-0.25, -0.2) is 0 Å². The summed E-state index contributed by atoms with van der Waals surface area (Å²) in [5.74, 6) is -0.745. The molecule has 0 radical (unpaired) electrons. The van der Waals surface area contributed by atoms with Gasteiger partial charge in [0.2, 0.25) is 0 Å². The maximum Gasteiger partial charge on any atom is 0.303 e. The topological polar surface area (TPSA) is 57.5 Å².